The van der Waals surface area contributed by atoms with Crippen LogP contribution < -0.4 is 0 Å². The summed E-state index contributed by atoms with van der Waals surface area (Å²) in [5.74, 6) is 0. The zero-order valence-electron chi connectivity index (χ0n) is 6.71. The molecule has 0 aliphatic rings. The molecular weight excluding hydrogens is 230 g/mol. The fourth-order valence-electron chi connectivity index (χ4n) is 0.863. The summed E-state index contributed by atoms with van der Waals surface area (Å²) in [5.41, 5.74) is 1.27. The van der Waals surface area contributed by atoms with Crippen LogP contribution in [-0.2, 0) is 0 Å². The standard InChI is InChI=1S/C9H6BrN3/c10-8-4-9(13-6-8)3-7(5-12)1-2-11/h3-4,6,13H,1H2. The lowest BCUT2D eigenvalue weighted by molar-refractivity contribution is 1.27. The first-order valence-electron chi connectivity index (χ1n) is 3.58. The van der Waals surface area contributed by atoms with Crippen LogP contribution in [0.2, 0.25) is 0 Å². The van der Waals surface area contributed by atoms with Crippen molar-refractivity contribution < 1.29 is 0 Å². The van der Waals surface area contributed by atoms with E-state index in [-0.39, 0.29) is 6.42 Å². The van der Waals surface area contributed by atoms with Crippen LogP contribution in [0.1, 0.15) is 12.1 Å². The van der Waals surface area contributed by atoms with E-state index in [9.17, 15) is 0 Å². The maximum absolute atomic E-state index is 8.63. The molecule has 1 heterocycles. The van der Waals surface area contributed by atoms with E-state index in [0.717, 1.165) is 10.2 Å². The highest BCUT2D eigenvalue weighted by Gasteiger charge is 1.97. The maximum atomic E-state index is 8.63. The van der Waals surface area contributed by atoms with Crippen LogP contribution in [0.5, 0.6) is 0 Å². The zero-order valence-corrected chi connectivity index (χ0v) is 8.30. The molecule has 1 aromatic rings. The second-order valence-corrected chi connectivity index (χ2v) is 3.31. The lowest BCUT2D eigenvalue weighted by Crippen LogP contribution is -1.77. The first-order valence-corrected chi connectivity index (χ1v) is 4.37. The summed E-state index contributed by atoms with van der Waals surface area (Å²) in [4.78, 5) is 2.94. The number of rotatable bonds is 2. The molecule has 64 valence electrons. The van der Waals surface area contributed by atoms with Crippen molar-refractivity contribution >= 4 is 22.0 Å². The molecular formula is C9H6BrN3. The van der Waals surface area contributed by atoms with Gasteiger partial charge < -0.3 is 4.98 Å². The van der Waals surface area contributed by atoms with E-state index >= 15 is 0 Å². The monoisotopic (exact) mass is 235 g/mol. The fraction of sp³-hybridized carbons (Fsp3) is 0.111. The number of hydrogen-bond donors (Lipinski definition) is 1. The van der Waals surface area contributed by atoms with E-state index < -0.39 is 0 Å². The van der Waals surface area contributed by atoms with E-state index in [2.05, 4.69) is 20.9 Å². The molecule has 13 heavy (non-hydrogen) atoms. The number of H-pyrrole nitrogens is 1. The number of halogens is 1. The SMILES string of the molecule is N#CCC(C#N)=Cc1cc(Br)c[nH]1. The van der Waals surface area contributed by atoms with E-state index in [1.54, 1.807) is 12.3 Å². The predicted octanol–water partition coefficient (Wildman–Crippen LogP) is 2.60. The van der Waals surface area contributed by atoms with E-state index in [0.29, 0.717) is 5.57 Å². The Labute approximate surface area is 84.4 Å². The Balaban J connectivity index is 2.87. The Kier molecular flexibility index (Phi) is 3.31. The van der Waals surface area contributed by atoms with Gasteiger partial charge in [0.05, 0.1) is 18.6 Å². The third-order valence-electron chi connectivity index (χ3n) is 1.41. The Hall–Kier alpha value is -1.52. The van der Waals surface area contributed by atoms with Crippen molar-refractivity contribution in [2.45, 2.75) is 6.42 Å². The maximum Gasteiger partial charge on any atom is 0.0958 e. The second-order valence-electron chi connectivity index (χ2n) is 2.39. The molecule has 4 heteroatoms. The number of allylic oxidation sites excluding steroid dienone is 1. The molecule has 0 atom stereocenters. The lowest BCUT2D eigenvalue weighted by Gasteiger charge is -1.87. The Morgan fingerprint density at radius 1 is 1.62 bits per heavy atom. The van der Waals surface area contributed by atoms with Crippen molar-refractivity contribution in [1.29, 1.82) is 10.5 Å². The van der Waals surface area contributed by atoms with Crippen molar-refractivity contribution in [1.82, 2.24) is 4.98 Å². The first-order chi connectivity index (χ1) is 6.26. The number of aromatic nitrogens is 1. The molecule has 0 radical (unpaired) electrons. The minimum atomic E-state index is 0.146. The van der Waals surface area contributed by atoms with Gasteiger partial charge in [-0.05, 0) is 28.1 Å². The highest BCUT2D eigenvalue weighted by Crippen LogP contribution is 2.14. The van der Waals surface area contributed by atoms with Crippen molar-refractivity contribution in [2.75, 3.05) is 0 Å². The highest BCUT2D eigenvalue weighted by molar-refractivity contribution is 9.10. The van der Waals surface area contributed by atoms with Crippen molar-refractivity contribution in [3.8, 4) is 12.1 Å². The molecule has 0 aliphatic heterocycles. The number of nitrogens with zero attached hydrogens (tertiary/aromatic N) is 2. The molecule has 0 amide bonds. The molecule has 3 nitrogen and oxygen atoms in total. The quantitative estimate of drug-likeness (QED) is 0.802. The van der Waals surface area contributed by atoms with Gasteiger partial charge in [0.1, 0.15) is 0 Å². The van der Waals surface area contributed by atoms with Gasteiger partial charge in [0, 0.05) is 21.9 Å². The van der Waals surface area contributed by atoms with Gasteiger partial charge in [0.25, 0.3) is 0 Å². The van der Waals surface area contributed by atoms with Gasteiger partial charge in [-0.15, -0.1) is 0 Å². The van der Waals surface area contributed by atoms with Crippen LogP contribution in [0.3, 0.4) is 0 Å². The summed E-state index contributed by atoms with van der Waals surface area (Å²) in [6, 6.07) is 5.74. The smallest absolute Gasteiger partial charge is 0.0958 e. The molecule has 0 aromatic carbocycles. The lowest BCUT2D eigenvalue weighted by atomic mass is 10.2. The second kappa shape index (κ2) is 4.49. The van der Waals surface area contributed by atoms with Crippen LogP contribution in [0.25, 0.3) is 6.08 Å². The molecule has 0 saturated carbocycles. The number of hydrogen-bond acceptors (Lipinski definition) is 2. The molecule has 0 aliphatic carbocycles. The normalized spacial score (nSPS) is 10.5. The van der Waals surface area contributed by atoms with Gasteiger partial charge >= 0.3 is 0 Å². The third-order valence-corrected chi connectivity index (χ3v) is 1.87. The third kappa shape index (κ3) is 2.77. The van der Waals surface area contributed by atoms with Gasteiger partial charge in [0.15, 0.2) is 0 Å². The summed E-state index contributed by atoms with van der Waals surface area (Å²) >= 11 is 3.27. The van der Waals surface area contributed by atoms with Gasteiger partial charge in [0.2, 0.25) is 0 Å². The fourth-order valence-corrected chi connectivity index (χ4v) is 1.22. The highest BCUT2D eigenvalue weighted by atomic mass is 79.9. The van der Waals surface area contributed by atoms with E-state index in [1.165, 1.54) is 0 Å². The van der Waals surface area contributed by atoms with E-state index in [1.807, 2.05) is 18.2 Å². The molecule has 1 N–H and O–H groups in total. The Morgan fingerprint density at radius 3 is 2.85 bits per heavy atom. The Bertz CT molecular complexity index is 403. The minimum absolute atomic E-state index is 0.146. The summed E-state index contributed by atoms with van der Waals surface area (Å²) in [6.07, 6.45) is 3.58. The van der Waals surface area contributed by atoms with Crippen molar-refractivity contribution in [3.63, 3.8) is 0 Å². The summed E-state index contributed by atoms with van der Waals surface area (Å²) in [6.45, 7) is 0. The van der Waals surface area contributed by atoms with Crippen LogP contribution in [0, 0.1) is 22.7 Å². The van der Waals surface area contributed by atoms with Crippen LogP contribution in [0.15, 0.2) is 22.3 Å². The first kappa shape index (κ1) is 9.57. The van der Waals surface area contributed by atoms with Crippen LogP contribution in [0.4, 0.5) is 0 Å². The largest absolute Gasteiger partial charge is 0.361 e. The van der Waals surface area contributed by atoms with Crippen molar-refractivity contribution in [2.24, 2.45) is 0 Å². The van der Waals surface area contributed by atoms with Crippen LogP contribution in [-0.4, -0.2) is 4.98 Å². The zero-order chi connectivity index (χ0) is 9.68. The van der Waals surface area contributed by atoms with Gasteiger partial charge in [-0.3, -0.25) is 0 Å². The van der Waals surface area contributed by atoms with Crippen LogP contribution >= 0.6 is 15.9 Å². The topological polar surface area (TPSA) is 63.4 Å². The van der Waals surface area contributed by atoms with E-state index in [4.69, 9.17) is 10.5 Å². The molecule has 1 rings (SSSR count). The average Bonchev–Trinajstić information content (AvgIpc) is 2.50. The molecule has 0 spiro atoms. The Morgan fingerprint density at radius 2 is 2.38 bits per heavy atom. The summed E-state index contributed by atoms with van der Waals surface area (Å²) in [7, 11) is 0. The number of nitriles is 2. The molecule has 0 saturated heterocycles. The van der Waals surface area contributed by atoms with Gasteiger partial charge in [-0.2, -0.15) is 10.5 Å². The summed E-state index contributed by atoms with van der Waals surface area (Å²) < 4.78 is 0.924. The number of nitrogens with one attached hydrogen (secondary N) is 1. The van der Waals surface area contributed by atoms with Crippen molar-refractivity contribution in [3.05, 3.63) is 28.0 Å². The van der Waals surface area contributed by atoms with Gasteiger partial charge in [-0.25, -0.2) is 0 Å². The summed E-state index contributed by atoms with van der Waals surface area (Å²) in [5, 5.41) is 17.0. The molecule has 0 fully saturated rings. The molecule has 1 aromatic heterocycles. The molecule has 0 unspecified atom stereocenters. The number of aromatic amines is 1. The molecule has 0 bridgehead atoms. The van der Waals surface area contributed by atoms with Gasteiger partial charge in [-0.1, -0.05) is 0 Å². The predicted molar refractivity (Wildman–Crippen MR) is 52.3 cm³/mol. The average molecular weight is 236 g/mol. The minimum Gasteiger partial charge on any atom is -0.361 e.